The van der Waals surface area contributed by atoms with Gasteiger partial charge in [0, 0.05) is 24.6 Å². The Morgan fingerprint density at radius 2 is 2.04 bits per heavy atom. The molecule has 2 aliphatic rings. The second kappa shape index (κ2) is 6.01. The summed E-state index contributed by atoms with van der Waals surface area (Å²) in [6, 6.07) is 12.5. The first kappa shape index (κ1) is 14.2. The van der Waals surface area contributed by atoms with Crippen molar-refractivity contribution in [1.82, 2.24) is 5.32 Å². The summed E-state index contributed by atoms with van der Waals surface area (Å²) in [6.07, 6.45) is 0.957. The second-order valence-corrected chi connectivity index (χ2v) is 5.64. The standard InChI is InChI=1S/C18H19NO4/c1-20-16-8-12(9-17-18(16)23-11-22-17)10-19-14-6-7-21-15-5-3-2-4-13(14)15/h2-5,8-9,14,19H,6-7,10-11H2,1H3. The van der Waals surface area contributed by atoms with E-state index in [1.165, 1.54) is 5.56 Å². The van der Waals surface area contributed by atoms with E-state index in [-0.39, 0.29) is 12.8 Å². The molecule has 0 bridgehead atoms. The second-order valence-electron chi connectivity index (χ2n) is 5.64. The van der Waals surface area contributed by atoms with Crippen LogP contribution in [0.4, 0.5) is 0 Å². The molecule has 0 spiro atoms. The van der Waals surface area contributed by atoms with E-state index in [1.807, 2.05) is 30.3 Å². The van der Waals surface area contributed by atoms with Gasteiger partial charge in [0.1, 0.15) is 5.75 Å². The largest absolute Gasteiger partial charge is 0.493 e. The summed E-state index contributed by atoms with van der Waals surface area (Å²) in [5.41, 5.74) is 2.32. The van der Waals surface area contributed by atoms with Crippen molar-refractivity contribution in [2.45, 2.75) is 19.0 Å². The molecule has 4 rings (SSSR count). The van der Waals surface area contributed by atoms with Crippen LogP contribution in [0, 0.1) is 0 Å². The molecule has 0 saturated heterocycles. The van der Waals surface area contributed by atoms with Gasteiger partial charge in [-0.15, -0.1) is 0 Å². The molecule has 2 heterocycles. The fourth-order valence-corrected chi connectivity index (χ4v) is 3.08. The number of hydrogen-bond donors (Lipinski definition) is 1. The summed E-state index contributed by atoms with van der Waals surface area (Å²) in [5.74, 6) is 3.12. The van der Waals surface area contributed by atoms with E-state index in [9.17, 15) is 0 Å². The van der Waals surface area contributed by atoms with Gasteiger partial charge in [-0.25, -0.2) is 0 Å². The van der Waals surface area contributed by atoms with E-state index in [1.54, 1.807) is 7.11 Å². The SMILES string of the molecule is COc1cc(CNC2CCOc3ccccc32)cc2c1OCO2. The fourth-order valence-electron chi connectivity index (χ4n) is 3.08. The number of fused-ring (bicyclic) bond motifs is 2. The Balaban J connectivity index is 1.52. The van der Waals surface area contributed by atoms with Gasteiger partial charge in [-0.2, -0.15) is 0 Å². The highest BCUT2D eigenvalue weighted by Gasteiger charge is 2.22. The average Bonchev–Trinajstić information content (AvgIpc) is 3.07. The Morgan fingerprint density at radius 1 is 1.13 bits per heavy atom. The summed E-state index contributed by atoms with van der Waals surface area (Å²) >= 11 is 0. The maximum absolute atomic E-state index is 5.71. The predicted octanol–water partition coefficient (Wildman–Crippen LogP) is 3.04. The monoisotopic (exact) mass is 313 g/mol. The lowest BCUT2D eigenvalue weighted by Gasteiger charge is -2.26. The first-order valence-electron chi connectivity index (χ1n) is 7.77. The highest BCUT2D eigenvalue weighted by molar-refractivity contribution is 5.55. The Kier molecular flexibility index (Phi) is 3.71. The molecule has 23 heavy (non-hydrogen) atoms. The zero-order chi connectivity index (χ0) is 15.6. The van der Waals surface area contributed by atoms with E-state index in [4.69, 9.17) is 18.9 Å². The normalized spacial score (nSPS) is 18.2. The average molecular weight is 313 g/mol. The summed E-state index contributed by atoms with van der Waals surface area (Å²) < 4.78 is 22.0. The van der Waals surface area contributed by atoms with Gasteiger partial charge in [-0.05, 0) is 23.8 Å². The third-order valence-electron chi connectivity index (χ3n) is 4.23. The predicted molar refractivity (Wildman–Crippen MR) is 85.3 cm³/mol. The molecule has 5 nitrogen and oxygen atoms in total. The van der Waals surface area contributed by atoms with E-state index in [2.05, 4.69) is 11.4 Å². The molecule has 0 aliphatic carbocycles. The van der Waals surface area contributed by atoms with E-state index < -0.39 is 0 Å². The van der Waals surface area contributed by atoms with Crippen LogP contribution < -0.4 is 24.3 Å². The lowest BCUT2D eigenvalue weighted by atomic mass is 10.0. The molecular weight excluding hydrogens is 294 g/mol. The third-order valence-corrected chi connectivity index (χ3v) is 4.23. The molecule has 1 N–H and O–H groups in total. The van der Waals surface area contributed by atoms with Crippen LogP contribution in [0.15, 0.2) is 36.4 Å². The highest BCUT2D eigenvalue weighted by atomic mass is 16.7. The summed E-state index contributed by atoms with van der Waals surface area (Å²) in [6.45, 7) is 1.71. The van der Waals surface area contributed by atoms with Crippen molar-refractivity contribution >= 4 is 0 Å². The fraction of sp³-hybridized carbons (Fsp3) is 0.333. The molecule has 2 aromatic carbocycles. The van der Waals surface area contributed by atoms with Crippen LogP contribution in [0.2, 0.25) is 0 Å². The van der Waals surface area contributed by atoms with Gasteiger partial charge in [0.05, 0.1) is 13.7 Å². The summed E-state index contributed by atoms with van der Waals surface area (Å²) in [4.78, 5) is 0. The molecule has 1 atom stereocenters. The molecule has 0 radical (unpaired) electrons. The molecule has 0 fully saturated rings. The molecule has 2 aliphatic heterocycles. The molecule has 5 heteroatoms. The Morgan fingerprint density at radius 3 is 2.96 bits per heavy atom. The van der Waals surface area contributed by atoms with Crippen molar-refractivity contribution in [3.8, 4) is 23.0 Å². The highest BCUT2D eigenvalue weighted by Crippen LogP contribution is 2.42. The van der Waals surface area contributed by atoms with E-state index in [0.717, 1.165) is 36.6 Å². The van der Waals surface area contributed by atoms with Crippen molar-refractivity contribution in [2.24, 2.45) is 0 Å². The van der Waals surface area contributed by atoms with Crippen molar-refractivity contribution < 1.29 is 18.9 Å². The first-order valence-corrected chi connectivity index (χ1v) is 7.77. The minimum atomic E-state index is 0.246. The van der Waals surface area contributed by atoms with Gasteiger partial charge < -0.3 is 24.3 Å². The number of methoxy groups -OCH3 is 1. The van der Waals surface area contributed by atoms with Crippen molar-refractivity contribution in [2.75, 3.05) is 20.5 Å². The van der Waals surface area contributed by atoms with Gasteiger partial charge in [0.15, 0.2) is 11.5 Å². The zero-order valence-corrected chi connectivity index (χ0v) is 13.0. The van der Waals surface area contributed by atoms with E-state index in [0.29, 0.717) is 11.5 Å². The quantitative estimate of drug-likeness (QED) is 0.940. The van der Waals surface area contributed by atoms with Crippen molar-refractivity contribution in [3.63, 3.8) is 0 Å². The van der Waals surface area contributed by atoms with Gasteiger partial charge in [-0.1, -0.05) is 18.2 Å². The molecule has 0 aromatic heterocycles. The van der Waals surface area contributed by atoms with Gasteiger partial charge in [0.2, 0.25) is 12.5 Å². The lowest BCUT2D eigenvalue weighted by molar-refractivity contribution is 0.171. The van der Waals surface area contributed by atoms with Crippen molar-refractivity contribution in [1.29, 1.82) is 0 Å². The Hall–Kier alpha value is -2.40. The van der Waals surface area contributed by atoms with Crippen LogP contribution in [-0.4, -0.2) is 20.5 Å². The molecular formula is C18H19NO4. The number of nitrogens with one attached hydrogen (secondary N) is 1. The molecule has 120 valence electrons. The molecule has 0 saturated carbocycles. The minimum absolute atomic E-state index is 0.246. The summed E-state index contributed by atoms with van der Waals surface area (Å²) in [7, 11) is 1.64. The van der Waals surface area contributed by atoms with Gasteiger partial charge >= 0.3 is 0 Å². The van der Waals surface area contributed by atoms with Crippen LogP contribution in [0.1, 0.15) is 23.6 Å². The zero-order valence-electron chi connectivity index (χ0n) is 13.0. The van der Waals surface area contributed by atoms with Crippen LogP contribution in [0.5, 0.6) is 23.0 Å². The third kappa shape index (κ3) is 2.68. The number of hydrogen-bond acceptors (Lipinski definition) is 5. The number of benzene rings is 2. The molecule has 1 unspecified atom stereocenters. The molecule has 2 aromatic rings. The van der Waals surface area contributed by atoms with Gasteiger partial charge in [-0.3, -0.25) is 0 Å². The Labute approximate surface area is 135 Å². The van der Waals surface area contributed by atoms with Crippen LogP contribution in [-0.2, 0) is 6.54 Å². The first-order chi connectivity index (χ1) is 11.3. The lowest BCUT2D eigenvalue weighted by Crippen LogP contribution is -2.26. The van der Waals surface area contributed by atoms with Crippen LogP contribution in [0.3, 0.4) is 0 Å². The Bertz CT molecular complexity index is 716. The molecule has 0 amide bonds. The van der Waals surface area contributed by atoms with E-state index >= 15 is 0 Å². The number of rotatable bonds is 4. The smallest absolute Gasteiger partial charge is 0.231 e. The number of para-hydroxylation sites is 1. The van der Waals surface area contributed by atoms with Crippen molar-refractivity contribution in [3.05, 3.63) is 47.5 Å². The van der Waals surface area contributed by atoms with Crippen LogP contribution >= 0.6 is 0 Å². The maximum atomic E-state index is 5.71. The topological polar surface area (TPSA) is 49.0 Å². The number of ether oxygens (including phenoxy) is 4. The van der Waals surface area contributed by atoms with Gasteiger partial charge in [0.25, 0.3) is 0 Å². The summed E-state index contributed by atoms with van der Waals surface area (Å²) in [5, 5.41) is 3.60. The maximum Gasteiger partial charge on any atom is 0.231 e. The van der Waals surface area contributed by atoms with Crippen LogP contribution in [0.25, 0.3) is 0 Å². The minimum Gasteiger partial charge on any atom is -0.493 e.